The minimum atomic E-state index is -0.512. The van der Waals surface area contributed by atoms with Crippen molar-refractivity contribution >= 4 is 17.6 Å². The molecule has 0 atom stereocenters. The van der Waals surface area contributed by atoms with Gasteiger partial charge in [-0.25, -0.2) is 14.8 Å². The number of carbonyl (C=O) groups is 1. The Kier molecular flexibility index (Phi) is 4.45. The monoisotopic (exact) mass is 229 g/mol. The molecule has 0 aliphatic heterocycles. The third-order valence-corrected chi connectivity index (χ3v) is 1.94. The fourth-order valence-electron chi connectivity index (χ4n) is 0.990. The fraction of sp³-hybridized carbons (Fsp3) is 0.444. The number of nitrogens with two attached hydrogens (primary N) is 1. The Morgan fingerprint density at radius 1 is 1.67 bits per heavy atom. The highest BCUT2D eigenvalue weighted by Gasteiger charge is 2.13. The number of halogens is 1. The zero-order valence-corrected chi connectivity index (χ0v) is 9.12. The van der Waals surface area contributed by atoms with Gasteiger partial charge in [-0.3, -0.25) is 0 Å². The van der Waals surface area contributed by atoms with Gasteiger partial charge in [0.15, 0.2) is 0 Å². The summed E-state index contributed by atoms with van der Waals surface area (Å²) < 4.78 is 4.78. The highest BCUT2D eigenvalue weighted by Crippen LogP contribution is 2.13. The molecule has 1 rings (SSSR count). The molecule has 0 spiro atoms. The molecule has 1 heterocycles. The maximum atomic E-state index is 11.3. The Morgan fingerprint density at radius 2 is 2.40 bits per heavy atom. The van der Waals surface area contributed by atoms with E-state index in [2.05, 4.69) is 9.97 Å². The van der Waals surface area contributed by atoms with Crippen LogP contribution in [0.4, 0.5) is 0 Å². The molecular weight excluding hydrogens is 218 g/mol. The summed E-state index contributed by atoms with van der Waals surface area (Å²) >= 11 is 5.80. The number of hydrogen-bond donors (Lipinski definition) is 1. The van der Waals surface area contributed by atoms with Gasteiger partial charge in [0.05, 0.1) is 6.61 Å². The number of nitrogens with zero attached hydrogens (tertiary/aromatic N) is 2. The van der Waals surface area contributed by atoms with Gasteiger partial charge in [-0.15, -0.1) is 0 Å². The Hall–Kier alpha value is -1.20. The Morgan fingerprint density at radius 3 is 2.93 bits per heavy atom. The van der Waals surface area contributed by atoms with E-state index in [1.807, 2.05) is 0 Å². The molecule has 82 valence electrons. The van der Waals surface area contributed by atoms with E-state index in [-0.39, 0.29) is 10.7 Å². The maximum Gasteiger partial charge on any atom is 0.342 e. The van der Waals surface area contributed by atoms with E-state index in [1.165, 1.54) is 6.20 Å². The summed E-state index contributed by atoms with van der Waals surface area (Å²) in [4.78, 5) is 19.2. The number of carbonyl (C=O) groups excluding carboxylic acids is 1. The lowest BCUT2D eigenvalue weighted by molar-refractivity contribution is 0.0525. The zero-order valence-electron chi connectivity index (χ0n) is 8.36. The van der Waals surface area contributed by atoms with E-state index >= 15 is 0 Å². The van der Waals surface area contributed by atoms with E-state index in [1.54, 1.807) is 6.92 Å². The number of esters is 1. The van der Waals surface area contributed by atoms with Gasteiger partial charge in [-0.2, -0.15) is 0 Å². The minimum Gasteiger partial charge on any atom is -0.462 e. The van der Waals surface area contributed by atoms with E-state index in [9.17, 15) is 4.79 Å². The van der Waals surface area contributed by atoms with E-state index in [4.69, 9.17) is 22.1 Å². The van der Waals surface area contributed by atoms with Crippen LogP contribution >= 0.6 is 11.6 Å². The maximum absolute atomic E-state index is 11.3. The Bertz CT molecular complexity index is 357. The van der Waals surface area contributed by atoms with E-state index in [0.29, 0.717) is 25.4 Å². The molecule has 1 aromatic rings. The Balaban J connectivity index is 2.87. The predicted molar refractivity (Wildman–Crippen MR) is 55.8 cm³/mol. The molecule has 0 aromatic carbocycles. The van der Waals surface area contributed by atoms with Crippen molar-refractivity contribution in [2.75, 3.05) is 13.2 Å². The van der Waals surface area contributed by atoms with Crippen LogP contribution in [0.2, 0.25) is 5.15 Å². The molecule has 6 heteroatoms. The second-order valence-electron chi connectivity index (χ2n) is 2.75. The number of rotatable bonds is 4. The smallest absolute Gasteiger partial charge is 0.342 e. The molecule has 0 saturated heterocycles. The van der Waals surface area contributed by atoms with Crippen LogP contribution in [-0.4, -0.2) is 29.1 Å². The van der Waals surface area contributed by atoms with E-state index < -0.39 is 5.97 Å². The first kappa shape index (κ1) is 11.9. The molecule has 2 N–H and O–H groups in total. The van der Waals surface area contributed by atoms with Crippen molar-refractivity contribution < 1.29 is 9.53 Å². The molecule has 0 bridgehead atoms. The van der Waals surface area contributed by atoms with Gasteiger partial charge < -0.3 is 10.5 Å². The van der Waals surface area contributed by atoms with Crippen LogP contribution in [0.3, 0.4) is 0 Å². The van der Waals surface area contributed by atoms with Crippen LogP contribution in [0.15, 0.2) is 6.20 Å². The predicted octanol–water partition coefficient (Wildman–Crippen LogP) is 0.808. The number of ether oxygens (including phenoxy) is 1. The van der Waals surface area contributed by atoms with Gasteiger partial charge in [0.1, 0.15) is 16.5 Å². The standard InChI is InChI=1S/C9H12ClN3O2/c1-2-15-9(14)6-5-12-7(3-4-11)13-8(6)10/h5H,2-4,11H2,1H3. The lowest BCUT2D eigenvalue weighted by Gasteiger charge is -2.04. The molecule has 0 aliphatic carbocycles. The van der Waals surface area contributed by atoms with Gasteiger partial charge in [0.25, 0.3) is 0 Å². The van der Waals surface area contributed by atoms with Crippen LogP contribution in [0.1, 0.15) is 23.1 Å². The van der Waals surface area contributed by atoms with Crippen molar-refractivity contribution in [1.29, 1.82) is 0 Å². The van der Waals surface area contributed by atoms with Gasteiger partial charge in [-0.05, 0) is 13.5 Å². The quantitative estimate of drug-likeness (QED) is 0.611. The van der Waals surface area contributed by atoms with Crippen molar-refractivity contribution in [2.24, 2.45) is 5.73 Å². The van der Waals surface area contributed by atoms with Crippen LogP contribution in [-0.2, 0) is 11.2 Å². The highest BCUT2D eigenvalue weighted by molar-refractivity contribution is 6.32. The van der Waals surface area contributed by atoms with Crippen molar-refractivity contribution in [2.45, 2.75) is 13.3 Å². The number of hydrogen-bond acceptors (Lipinski definition) is 5. The van der Waals surface area contributed by atoms with Gasteiger partial charge >= 0.3 is 5.97 Å². The first-order valence-corrected chi connectivity index (χ1v) is 4.95. The summed E-state index contributed by atoms with van der Waals surface area (Å²) in [5, 5.41) is 0.104. The molecular formula is C9H12ClN3O2. The first-order valence-electron chi connectivity index (χ1n) is 4.57. The van der Waals surface area contributed by atoms with Crippen molar-refractivity contribution in [3.63, 3.8) is 0 Å². The van der Waals surface area contributed by atoms with Crippen LogP contribution in [0.5, 0.6) is 0 Å². The fourth-order valence-corrected chi connectivity index (χ4v) is 1.21. The lowest BCUT2D eigenvalue weighted by atomic mass is 10.3. The minimum absolute atomic E-state index is 0.104. The largest absolute Gasteiger partial charge is 0.462 e. The van der Waals surface area contributed by atoms with Crippen molar-refractivity contribution in [3.05, 3.63) is 22.7 Å². The van der Waals surface area contributed by atoms with E-state index in [0.717, 1.165) is 0 Å². The normalized spacial score (nSPS) is 10.1. The molecule has 0 amide bonds. The summed E-state index contributed by atoms with van der Waals surface area (Å²) in [6.07, 6.45) is 1.89. The van der Waals surface area contributed by atoms with Gasteiger partial charge in [0.2, 0.25) is 0 Å². The summed E-state index contributed by atoms with van der Waals surface area (Å²) in [5.41, 5.74) is 5.52. The number of aromatic nitrogens is 2. The molecule has 0 aliphatic rings. The molecule has 0 radical (unpaired) electrons. The molecule has 0 fully saturated rings. The average Bonchev–Trinajstić information content (AvgIpc) is 2.18. The van der Waals surface area contributed by atoms with Crippen LogP contribution < -0.4 is 5.73 Å². The first-order chi connectivity index (χ1) is 7.19. The SMILES string of the molecule is CCOC(=O)c1cnc(CCN)nc1Cl. The highest BCUT2D eigenvalue weighted by atomic mass is 35.5. The molecule has 15 heavy (non-hydrogen) atoms. The molecule has 0 unspecified atom stereocenters. The molecule has 0 saturated carbocycles. The second-order valence-corrected chi connectivity index (χ2v) is 3.11. The summed E-state index contributed by atoms with van der Waals surface area (Å²) in [6, 6.07) is 0. The van der Waals surface area contributed by atoms with Gasteiger partial charge in [-0.1, -0.05) is 11.6 Å². The zero-order chi connectivity index (χ0) is 11.3. The Labute approximate surface area is 92.6 Å². The third-order valence-electron chi connectivity index (χ3n) is 1.66. The van der Waals surface area contributed by atoms with Crippen molar-refractivity contribution in [1.82, 2.24) is 9.97 Å². The second kappa shape index (κ2) is 5.63. The summed E-state index contributed by atoms with van der Waals surface area (Å²) in [7, 11) is 0. The van der Waals surface area contributed by atoms with Gasteiger partial charge in [0, 0.05) is 12.6 Å². The lowest BCUT2D eigenvalue weighted by Crippen LogP contribution is -2.11. The third kappa shape index (κ3) is 3.14. The molecule has 5 nitrogen and oxygen atoms in total. The van der Waals surface area contributed by atoms with Crippen molar-refractivity contribution in [3.8, 4) is 0 Å². The summed E-state index contributed by atoms with van der Waals surface area (Å²) in [5.74, 6) is 0.0114. The average molecular weight is 230 g/mol. The van der Waals surface area contributed by atoms with Crippen LogP contribution in [0, 0.1) is 0 Å². The summed E-state index contributed by atoms with van der Waals surface area (Å²) in [6.45, 7) is 2.45. The topological polar surface area (TPSA) is 78.1 Å². The van der Waals surface area contributed by atoms with Crippen LogP contribution in [0.25, 0.3) is 0 Å². The molecule has 1 aromatic heterocycles.